The van der Waals surface area contributed by atoms with Crippen molar-refractivity contribution < 1.29 is 38.1 Å². The van der Waals surface area contributed by atoms with Gasteiger partial charge in [-0.3, -0.25) is 18.7 Å². The molecule has 0 spiro atoms. The van der Waals surface area contributed by atoms with E-state index in [9.17, 15) is 24.4 Å². The monoisotopic (exact) mass is 535 g/mol. The van der Waals surface area contributed by atoms with Crippen LogP contribution in [0.5, 0.6) is 5.75 Å². The van der Waals surface area contributed by atoms with E-state index in [2.05, 4.69) is 11.0 Å². The van der Waals surface area contributed by atoms with E-state index in [0.29, 0.717) is 0 Å². The highest BCUT2D eigenvalue weighted by atomic mass is 31.2. The zero-order chi connectivity index (χ0) is 27.4. The molecule has 1 aliphatic heterocycles. The fraction of sp³-hybridized carbons (Fsp3) is 0.417. The maximum absolute atomic E-state index is 13.7. The van der Waals surface area contributed by atoms with Crippen LogP contribution in [-0.2, 0) is 23.4 Å². The van der Waals surface area contributed by atoms with E-state index in [1.165, 1.54) is 31.3 Å². The Morgan fingerprint density at radius 1 is 1.30 bits per heavy atom. The summed E-state index contributed by atoms with van der Waals surface area (Å²) in [5.41, 5.74) is 3.15. The number of nitrogens with two attached hydrogens (primary N) is 1. The Bertz CT molecular complexity index is 1250. The Morgan fingerprint density at radius 3 is 2.57 bits per heavy atom. The zero-order valence-corrected chi connectivity index (χ0v) is 21.4. The number of hydrogen-bond donors (Lipinski definition) is 4. The van der Waals surface area contributed by atoms with Crippen LogP contribution in [0.15, 0.2) is 53.5 Å². The Balaban J connectivity index is 1.86. The highest BCUT2D eigenvalue weighted by Gasteiger charge is 2.55. The highest BCUT2D eigenvalue weighted by Crippen LogP contribution is 2.47. The predicted octanol–water partition coefficient (Wildman–Crippen LogP) is 1.19. The van der Waals surface area contributed by atoms with Crippen molar-refractivity contribution in [3.05, 3.63) is 59.0 Å². The van der Waals surface area contributed by atoms with Crippen molar-refractivity contribution in [1.29, 1.82) is 0 Å². The van der Waals surface area contributed by atoms with Gasteiger partial charge < -0.3 is 29.9 Å². The van der Waals surface area contributed by atoms with Crippen molar-refractivity contribution in [2.45, 2.75) is 57.0 Å². The molecule has 13 heteroatoms. The number of para-hydroxylation sites is 1. The number of rotatable bonds is 10. The summed E-state index contributed by atoms with van der Waals surface area (Å²) in [6.45, 7) is 3.97. The molecule has 0 aliphatic carbocycles. The molecule has 0 bridgehead atoms. The first kappa shape index (κ1) is 28.4. The molecule has 1 aliphatic rings. The van der Waals surface area contributed by atoms with Crippen LogP contribution in [0.25, 0.3) is 0 Å². The molecule has 2 heterocycles. The molecular weight excluding hydrogens is 505 g/mol. The minimum Gasteiger partial charge on any atom is -0.462 e. The maximum atomic E-state index is 13.7. The zero-order valence-electron chi connectivity index (χ0n) is 20.5. The van der Waals surface area contributed by atoms with Crippen LogP contribution < -0.4 is 20.9 Å². The van der Waals surface area contributed by atoms with Gasteiger partial charge >= 0.3 is 13.7 Å². The van der Waals surface area contributed by atoms with Crippen LogP contribution in [-0.4, -0.2) is 57.3 Å². The first-order valence-electron chi connectivity index (χ1n) is 11.4. The van der Waals surface area contributed by atoms with Gasteiger partial charge in [-0.25, -0.2) is 4.57 Å². The summed E-state index contributed by atoms with van der Waals surface area (Å²) in [5.74, 6) is 1.67. The summed E-state index contributed by atoms with van der Waals surface area (Å²) in [7, 11) is -4.36. The van der Waals surface area contributed by atoms with E-state index in [4.69, 9.17) is 30.7 Å². The number of aliphatic hydroxyl groups excluding tert-OH is 2. The topological polar surface area (TPSA) is 172 Å². The lowest BCUT2D eigenvalue weighted by Gasteiger charge is -2.29. The molecule has 0 radical (unpaired) electrons. The smallest absolute Gasteiger partial charge is 0.459 e. The molecule has 0 amide bonds. The number of nitrogens with zero attached hydrogens (tertiary/aromatic N) is 1. The molecule has 3 rings (SSSR count). The van der Waals surface area contributed by atoms with Crippen LogP contribution in [0.2, 0.25) is 0 Å². The van der Waals surface area contributed by atoms with Gasteiger partial charge in [0.05, 0.1) is 6.10 Å². The standard InChI is InChI=1S/C24H30N3O9P/c1-5-24(21(30)20(29)22(35-24)27-12-11-17(25)13-19(27)28)14-33-37(32,36-18-9-7-6-8-10-18)26-16(4)23(31)34-15(2)3/h1,6-13,15-16,20-22,29-30H,14,25H2,2-4H3,(H,26,32)/t16-,20?,21?,22+,24+,37-/m0/s1. The molecule has 12 nitrogen and oxygen atoms in total. The third kappa shape index (κ3) is 6.59. The number of nitrogens with one attached hydrogen (secondary N) is 1. The average Bonchev–Trinajstić information content (AvgIpc) is 3.08. The molecule has 200 valence electrons. The molecule has 1 fully saturated rings. The molecule has 2 unspecified atom stereocenters. The summed E-state index contributed by atoms with van der Waals surface area (Å²) in [5, 5.41) is 23.9. The second-order valence-electron chi connectivity index (χ2n) is 8.69. The number of hydrogen-bond acceptors (Lipinski definition) is 10. The summed E-state index contributed by atoms with van der Waals surface area (Å²) < 4.78 is 36.7. The summed E-state index contributed by atoms with van der Waals surface area (Å²) >= 11 is 0. The lowest BCUT2D eigenvalue weighted by atomic mass is 9.97. The van der Waals surface area contributed by atoms with Crippen LogP contribution in [0.3, 0.4) is 0 Å². The quantitative estimate of drug-likeness (QED) is 0.196. The normalized spacial score (nSPS) is 25.7. The number of pyridine rings is 1. The van der Waals surface area contributed by atoms with Crippen LogP contribution in [0.1, 0.15) is 27.0 Å². The molecule has 0 saturated carbocycles. The van der Waals surface area contributed by atoms with Gasteiger partial charge in [0.15, 0.2) is 11.8 Å². The molecular formula is C24H30N3O9P. The van der Waals surface area contributed by atoms with Crippen molar-refractivity contribution in [3.63, 3.8) is 0 Å². The Kier molecular flexibility index (Phi) is 8.81. The first-order valence-corrected chi connectivity index (χ1v) is 12.9. The van der Waals surface area contributed by atoms with Gasteiger partial charge in [-0.2, -0.15) is 5.09 Å². The molecule has 6 atom stereocenters. The lowest BCUT2D eigenvalue weighted by molar-refractivity contribution is -0.149. The lowest BCUT2D eigenvalue weighted by Crippen LogP contribution is -2.46. The van der Waals surface area contributed by atoms with Crippen LogP contribution in [0, 0.1) is 12.3 Å². The number of aromatic nitrogens is 1. The number of aliphatic hydroxyl groups is 2. The van der Waals surface area contributed by atoms with Gasteiger partial charge in [0.25, 0.3) is 5.56 Å². The number of carbonyl (C=O) groups excluding carboxylic acids is 1. The van der Waals surface area contributed by atoms with Crippen molar-refractivity contribution in [1.82, 2.24) is 9.65 Å². The Morgan fingerprint density at radius 2 is 1.97 bits per heavy atom. The Hall–Kier alpha value is -3.17. The highest BCUT2D eigenvalue weighted by molar-refractivity contribution is 7.52. The fourth-order valence-electron chi connectivity index (χ4n) is 3.52. The molecule has 1 aromatic heterocycles. The van der Waals surface area contributed by atoms with E-state index in [1.807, 2.05) is 0 Å². The van der Waals surface area contributed by atoms with Gasteiger partial charge in [0.1, 0.15) is 30.6 Å². The number of anilines is 1. The van der Waals surface area contributed by atoms with Crippen LogP contribution >= 0.6 is 7.75 Å². The predicted molar refractivity (Wildman–Crippen MR) is 133 cm³/mol. The van der Waals surface area contributed by atoms with Crippen molar-refractivity contribution in [2.75, 3.05) is 12.3 Å². The second-order valence-corrected chi connectivity index (χ2v) is 10.4. The van der Waals surface area contributed by atoms with Gasteiger partial charge in [-0.05, 0) is 39.0 Å². The van der Waals surface area contributed by atoms with Crippen molar-refractivity contribution >= 4 is 19.4 Å². The number of benzene rings is 1. The first-order chi connectivity index (χ1) is 17.4. The largest absolute Gasteiger partial charge is 0.462 e. The number of ether oxygens (including phenoxy) is 2. The minimum absolute atomic E-state index is 0.150. The third-order valence-corrected chi connectivity index (χ3v) is 7.01. The van der Waals surface area contributed by atoms with Crippen molar-refractivity contribution in [3.8, 4) is 18.1 Å². The molecule has 2 aromatic rings. The summed E-state index contributed by atoms with van der Waals surface area (Å²) in [4.78, 5) is 24.7. The maximum Gasteiger partial charge on any atom is 0.459 e. The van der Waals surface area contributed by atoms with Crippen molar-refractivity contribution in [2.24, 2.45) is 0 Å². The van der Waals surface area contributed by atoms with Gasteiger partial charge in [-0.1, -0.05) is 24.1 Å². The van der Waals surface area contributed by atoms with Gasteiger partial charge in [0.2, 0.25) is 0 Å². The average molecular weight is 535 g/mol. The van der Waals surface area contributed by atoms with E-state index < -0.39 is 62.1 Å². The number of nitrogen functional groups attached to an aromatic ring is 1. The van der Waals surface area contributed by atoms with E-state index in [1.54, 1.807) is 32.0 Å². The molecule has 1 saturated heterocycles. The minimum atomic E-state index is -4.36. The molecule has 5 N–H and O–H groups in total. The van der Waals surface area contributed by atoms with Gasteiger partial charge in [-0.15, -0.1) is 6.42 Å². The van der Waals surface area contributed by atoms with E-state index in [-0.39, 0.29) is 11.4 Å². The second kappa shape index (κ2) is 11.5. The molecule has 37 heavy (non-hydrogen) atoms. The van der Waals surface area contributed by atoms with E-state index >= 15 is 0 Å². The molecule has 1 aromatic carbocycles. The number of terminal acetylenes is 1. The van der Waals surface area contributed by atoms with Crippen LogP contribution in [0.4, 0.5) is 5.69 Å². The fourth-order valence-corrected chi connectivity index (χ4v) is 5.04. The SMILES string of the molecule is C#C[C@]1(CO[P@@](=O)(N[C@@H](C)C(=O)OC(C)C)Oc2ccccc2)O[C@@H](n2ccc(N)cc2=O)C(O)C1O. The Labute approximate surface area is 213 Å². The summed E-state index contributed by atoms with van der Waals surface area (Å²) in [6, 6.07) is 9.39. The third-order valence-electron chi connectivity index (χ3n) is 5.39. The number of carbonyl (C=O) groups is 1. The number of esters is 1. The van der Waals surface area contributed by atoms with E-state index in [0.717, 1.165) is 10.6 Å². The van der Waals surface area contributed by atoms with Gasteiger partial charge in [0, 0.05) is 18.0 Å². The summed E-state index contributed by atoms with van der Waals surface area (Å²) in [6.07, 6.45) is 1.71.